The molecule has 5 heteroatoms. The summed E-state index contributed by atoms with van der Waals surface area (Å²) in [6, 6.07) is 11.3. The smallest absolute Gasteiger partial charge is 0.242 e. The average molecular weight is 323 g/mol. The minimum Gasteiger partial charge on any atom is -0.350 e. The Morgan fingerprint density at radius 3 is 2.62 bits per heavy atom. The van der Waals surface area contributed by atoms with Crippen LogP contribution in [0.15, 0.2) is 30.3 Å². The average Bonchev–Trinajstić information content (AvgIpc) is 3.11. The number of hydrogen-bond donors (Lipinski definition) is 2. The van der Waals surface area contributed by atoms with E-state index in [-0.39, 0.29) is 0 Å². The Hall–Kier alpha value is -1.88. The molecule has 24 heavy (non-hydrogen) atoms. The molecule has 0 spiro atoms. The van der Waals surface area contributed by atoms with Crippen molar-refractivity contribution in [3.63, 3.8) is 0 Å². The van der Waals surface area contributed by atoms with Crippen molar-refractivity contribution >= 4 is 5.95 Å². The van der Waals surface area contributed by atoms with Crippen LogP contribution in [-0.4, -0.2) is 33.9 Å². The quantitative estimate of drug-likeness (QED) is 0.912. The molecule has 1 unspecified atom stereocenters. The van der Waals surface area contributed by atoms with Crippen molar-refractivity contribution in [1.82, 2.24) is 20.1 Å². The highest BCUT2D eigenvalue weighted by atomic mass is 15.4. The molecule has 2 aliphatic heterocycles. The van der Waals surface area contributed by atoms with Gasteiger partial charge in [0.25, 0.3) is 0 Å². The fourth-order valence-electron chi connectivity index (χ4n) is 4.88. The summed E-state index contributed by atoms with van der Waals surface area (Å²) in [6.07, 6.45) is 5.00. The van der Waals surface area contributed by atoms with Gasteiger partial charge >= 0.3 is 0 Å². The maximum Gasteiger partial charge on any atom is 0.242 e. The summed E-state index contributed by atoms with van der Waals surface area (Å²) in [4.78, 5) is 4.92. The van der Waals surface area contributed by atoms with Crippen molar-refractivity contribution in [3.05, 3.63) is 41.7 Å². The molecule has 1 aromatic carbocycles. The number of fused-ring (bicyclic) bond motifs is 3. The van der Waals surface area contributed by atoms with Gasteiger partial charge in [0, 0.05) is 18.5 Å². The predicted molar refractivity (Wildman–Crippen MR) is 94.0 cm³/mol. The lowest BCUT2D eigenvalue weighted by atomic mass is 9.91. The van der Waals surface area contributed by atoms with Crippen molar-refractivity contribution in [2.45, 2.75) is 44.2 Å². The molecule has 1 saturated heterocycles. The largest absolute Gasteiger partial charge is 0.350 e. The Morgan fingerprint density at radius 1 is 1.04 bits per heavy atom. The maximum absolute atomic E-state index is 4.92. The monoisotopic (exact) mass is 323 g/mol. The molecule has 1 saturated carbocycles. The van der Waals surface area contributed by atoms with E-state index >= 15 is 0 Å². The van der Waals surface area contributed by atoms with Crippen molar-refractivity contribution in [2.24, 2.45) is 11.8 Å². The van der Waals surface area contributed by atoms with Crippen LogP contribution < -0.4 is 10.6 Å². The second-order valence-corrected chi connectivity index (χ2v) is 7.55. The molecular formula is C19H25N5. The Bertz CT molecular complexity index is 694. The number of anilines is 1. The van der Waals surface area contributed by atoms with Gasteiger partial charge in [-0.25, -0.2) is 4.68 Å². The molecule has 0 amide bonds. The molecule has 2 aromatic rings. The third-order valence-corrected chi connectivity index (χ3v) is 6.11. The normalized spacial score (nSPS) is 31.7. The first-order valence-corrected chi connectivity index (χ1v) is 9.35. The van der Waals surface area contributed by atoms with Crippen molar-refractivity contribution in [3.8, 4) is 0 Å². The third-order valence-electron chi connectivity index (χ3n) is 6.11. The number of nitrogens with one attached hydrogen (secondary N) is 2. The number of nitrogens with zero attached hydrogens (tertiary/aromatic N) is 3. The van der Waals surface area contributed by atoms with E-state index in [9.17, 15) is 0 Å². The number of aryl methyl sites for hydroxylation is 1. The van der Waals surface area contributed by atoms with Gasteiger partial charge in [-0.2, -0.15) is 4.98 Å². The van der Waals surface area contributed by atoms with Gasteiger partial charge in [0.1, 0.15) is 5.82 Å². The van der Waals surface area contributed by atoms with Gasteiger partial charge < -0.3 is 10.6 Å². The molecule has 126 valence electrons. The Morgan fingerprint density at radius 2 is 1.83 bits per heavy atom. The van der Waals surface area contributed by atoms with E-state index in [0.717, 1.165) is 43.2 Å². The summed E-state index contributed by atoms with van der Waals surface area (Å²) in [5.74, 6) is 3.82. The number of aromatic nitrogens is 3. The zero-order valence-electron chi connectivity index (χ0n) is 14.0. The molecule has 2 fully saturated rings. The molecule has 4 atom stereocenters. The minimum absolute atomic E-state index is 0.382. The zero-order chi connectivity index (χ0) is 15.9. The molecule has 5 rings (SSSR count). The number of rotatable bonds is 3. The number of benzene rings is 1. The lowest BCUT2D eigenvalue weighted by Crippen LogP contribution is -2.45. The maximum atomic E-state index is 4.92. The first-order chi connectivity index (χ1) is 11.9. The van der Waals surface area contributed by atoms with E-state index in [2.05, 4.69) is 45.6 Å². The number of piperidine rings is 1. The zero-order valence-corrected chi connectivity index (χ0v) is 14.0. The van der Waals surface area contributed by atoms with E-state index in [4.69, 9.17) is 10.1 Å². The van der Waals surface area contributed by atoms with Crippen molar-refractivity contribution in [2.75, 3.05) is 18.4 Å². The molecule has 2 N–H and O–H groups in total. The summed E-state index contributed by atoms with van der Waals surface area (Å²) in [5, 5.41) is 12.0. The predicted octanol–water partition coefficient (Wildman–Crippen LogP) is 2.61. The van der Waals surface area contributed by atoms with E-state index in [1.54, 1.807) is 0 Å². The Labute approximate surface area is 142 Å². The molecule has 1 aliphatic carbocycles. The summed E-state index contributed by atoms with van der Waals surface area (Å²) < 4.78 is 2.13. The van der Waals surface area contributed by atoms with E-state index in [0.29, 0.717) is 12.0 Å². The Balaban J connectivity index is 1.41. The van der Waals surface area contributed by atoms with E-state index < -0.39 is 0 Å². The van der Waals surface area contributed by atoms with Crippen LogP contribution in [0.3, 0.4) is 0 Å². The Kier molecular flexibility index (Phi) is 3.55. The SMILES string of the molecule is c1ccc(C2CCCn3nc(N[C@@H]4[C@@H]5CC[C@H]4CNC5)nc32)cc1. The lowest BCUT2D eigenvalue weighted by molar-refractivity contribution is 0.341. The van der Waals surface area contributed by atoms with Crippen molar-refractivity contribution in [1.29, 1.82) is 0 Å². The fraction of sp³-hybridized carbons (Fsp3) is 0.579. The van der Waals surface area contributed by atoms with Crippen molar-refractivity contribution < 1.29 is 0 Å². The lowest BCUT2D eigenvalue weighted by Gasteiger charge is -2.31. The van der Waals surface area contributed by atoms with Crippen LogP contribution in [0.5, 0.6) is 0 Å². The van der Waals surface area contributed by atoms with Crippen LogP contribution in [-0.2, 0) is 6.54 Å². The van der Waals surface area contributed by atoms with Crippen LogP contribution in [0.4, 0.5) is 5.95 Å². The summed E-state index contributed by atoms with van der Waals surface area (Å²) >= 11 is 0. The number of hydrogen-bond acceptors (Lipinski definition) is 4. The molecule has 3 heterocycles. The molecule has 1 aromatic heterocycles. The van der Waals surface area contributed by atoms with Crippen LogP contribution in [0, 0.1) is 11.8 Å². The van der Waals surface area contributed by atoms with Crippen LogP contribution in [0.25, 0.3) is 0 Å². The standard InChI is InChI=1S/C19H25N5/c1-2-5-13(6-3-1)16-7-4-10-24-18(16)22-19(23-24)21-17-14-8-9-15(17)12-20-11-14/h1-3,5-6,14-17,20H,4,7-12H2,(H,21,23)/t14-,15+,16?,17-. The van der Waals surface area contributed by atoms with Gasteiger partial charge in [-0.05, 0) is 56.2 Å². The highest BCUT2D eigenvalue weighted by molar-refractivity contribution is 5.33. The highest BCUT2D eigenvalue weighted by Gasteiger charge is 2.39. The third kappa shape index (κ3) is 2.42. The van der Waals surface area contributed by atoms with Gasteiger partial charge in [0.15, 0.2) is 0 Å². The first-order valence-electron chi connectivity index (χ1n) is 9.35. The van der Waals surface area contributed by atoms with Gasteiger partial charge in [-0.1, -0.05) is 30.3 Å². The fourth-order valence-corrected chi connectivity index (χ4v) is 4.88. The van der Waals surface area contributed by atoms with Gasteiger partial charge in [0.05, 0.1) is 0 Å². The van der Waals surface area contributed by atoms with Crippen LogP contribution in [0.2, 0.25) is 0 Å². The summed E-state index contributed by atoms with van der Waals surface area (Å²) in [7, 11) is 0. The van der Waals surface area contributed by atoms with E-state index in [1.165, 1.54) is 31.2 Å². The second kappa shape index (κ2) is 5.88. The molecular weight excluding hydrogens is 298 g/mol. The van der Waals surface area contributed by atoms with Gasteiger partial charge in [-0.3, -0.25) is 0 Å². The first kappa shape index (κ1) is 14.5. The molecule has 5 nitrogen and oxygen atoms in total. The molecule has 3 aliphatic rings. The summed E-state index contributed by atoms with van der Waals surface area (Å²) in [5.41, 5.74) is 1.36. The van der Waals surface area contributed by atoms with Crippen LogP contribution in [0.1, 0.15) is 43.0 Å². The summed E-state index contributed by atoms with van der Waals surface area (Å²) in [6.45, 7) is 3.26. The topological polar surface area (TPSA) is 54.8 Å². The minimum atomic E-state index is 0.382. The van der Waals surface area contributed by atoms with Crippen LogP contribution >= 0.6 is 0 Å². The van der Waals surface area contributed by atoms with E-state index in [1.807, 2.05) is 0 Å². The molecule has 2 bridgehead atoms. The van der Waals surface area contributed by atoms with Gasteiger partial charge in [0.2, 0.25) is 5.95 Å². The second-order valence-electron chi connectivity index (χ2n) is 7.55. The van der Waals surface area contributed by atoms with Gasteiger partial charge in [-0.15, -0.1) is 5.10 Å². The highest BCUT2D eigenvalue weighted by Crippen LogP contribution is 2.36. The molecule has 0 radical (unpaired) electrons.